The van der Waals surface area contributed by atoms with Crippen molar-refractivity contribution in [2.45, 2.75) is 83.0 Å². The number of unbranched alkanes of at least 4 members (excludes halogenated alkanes) is 1. The van der Waals surface area contributed by atoms with Crippen molar-refractivity contribution in [2.75, 3.05) is 58.6 Å². The summed E-state index contributed by atoms with van der Waals surface area (Å²) in [6, 6.07) is 25.6. The van der Waals surface area contributed by atoms with Gasteiger partial charge < -0.3 is 20.9 Å². The Labute approximate surface area is 399 Å². The van der Waals surface area contributed by atoms with Crippen molar-refractivity contribution in [3.63, 3.8) is 0 Å². The summed E-state index contributed by atoms with van der Waals surface area (Å²) in [6.45, 7) is 8.99. The standard InChI is InChI=1S/C54H63N11O2S/c1-68(66,67)65-50-34-60-38(35-63(29-5-4-22-55)48-18-6-11-37-12-9-23-58-51(37)48)33-45(50)44-16-7-15-43(54(44)65)39-20-25-59-53-41(39)14-8-19-49(53)64(30-10-28-62-31-26-56-27-32-62)36-47-52-42(21-24-57-47)40-13-2-3-17-46(40)61-52/h2-3,7,9,12-13,15-17,20-21,23-25,33-34,48-49,56,61H,4-6,8,10-11,14,18-19,22,26-32,35-36,55H2,1H3/t48-,49-/m0/s1. The first-order valence-corrected chi connectivity index (χ1v) is 26.7. The maximum atomic E-state index is 14.1. The molecular formula is C54H63N11O2S. The normalized spacial score (nSPS) is 18.1. The van der Waals surface area contributed by atoms with Gasteiger partial charge in [0.15, 0.2) is 0 Å². The first-order chi connectivity index (χ1) is 33.3. The topological polar surface area (TPSA) is 154 Å². The van der Waals surface area contributed by atoms with Crippen LogP contribution in [0.4, 0.5) is 0 Å². The lowest BCUT2D eigenvalue weighted by atomic mass is 9.85. The van der Waals surface area contributed by atoms with Gasteiger partial charge in [0.05, 0.1) is 63.9 Å². The van der Waals surface area contributed by atoms with Gasteiger partial charge in [0.1, 0.15) is 0 Å². The zero-order valence-electron chi connectivity index (χ0n) is 39.2. The number of H-pyrrole nitrogens is 1. The second kappa shape index (κ2) is 19.4. The number of benzene rings is 2. The SMILES string of the molecule is CS(=O)(=O)n1c2cnc(CN(CCCCN)[C@H]3CCCc4cccnc43)cc2c2cccc(-c3ccnc4c3CCC[C@@H]4N(CCCN3CCNCC3)Cc3nccc4c3[nH]c3ccccc34)c21. The van der Waals surface area contributed by atoms with Crippen molar-refractivity contribution in [2.24, 2.45) is 5.73 Å². The van der Waals surface area contributed by atoms with E-state index in [2.05, 4.69) is 91.7 Å². The predicted molar refractivity (Wildman–Crippen MR) is 273 cm³/mol. The van der Waals surface area contributed by atoms with Crippen LogP contribution in [0.25, 0.3) is 54.7 Å². The van der Waals surface area contributed by atoms with Crippen molar-refractivity contribution < 1.29 is 8.42 Å². The molecule has 3 aliphatic rings. The van der Waals surface area contributed by atoms with Crippen LogP contribution in [-0.4, -0.2) is 111 Å². The van der Waals surface area contributed by atoms with E-state index in [0.717, 1.165) is 159 Å². The summed E-state index contributed by atoms with van der Waals surface area (Å²) >= 11 is 0. The van der Waals surface area contributed by atoms with E-state index in [1.54, 1.807) is 6.20 Å². The monoisotopic (exact) mass is 929 g/mol. The molecule has 6 aromatic heterocycles. The van der Waals surface area contributed by atoms with Gasteiger partial charge in [-0.3, -0.25) is 29.7 Å². The van der Waals surface area contributed by atoms with Crippen LogP contribution in [0.3, 0.4) is 0 Å². The first kappa shape index (κ1) is 44.9. The maximum absolute atomic E-state index is 14.1. The van der Waals surface area contributed by atoms with Gasteiger partial charge in [-0.05, 0) is 124 Å². The number of rotatable bonds is 16. The van der Waals surface area contributed by atoms with Gasteiger partial charge >= 0.3 is 0 Å². The third kappa shape index (κ3) is 8.71. The Morgan fingerprint density at radius 3 is 2.38 bits per heavy atom. The van der Waals surface area contributed by atoms with Crippen molar-refractivity contribution in [1.29, 1.82) is 0 Å². The highest BCUT2D eigenvalue weighted by atomic mass is 32.2. The molecule has 2 aliphatic carbocycles. The molecule has 0 radical (unpaired) electrons. The van der Waals surface area contributed by atoms with Crippen LogP contribution < -0.4 is 11.1 Å². The van der Waals surface area contributed by atoms with Crippen LogP contribution in [0.5, 0.6) is 0 Å². The second-order valence-corrected chi connectivity index (χ2v) is 21.1. The molecule has 0 bridgehead atoms. The Hall–Kier alpha value is -5.61. The van der Waals surface area contributed by atoms with Gasteiger partial charge in [-0.15, -0.1) is 0 Å². The Balaban J connectivity index is 0.973. The number of aromatic nitrogens is 6. The zero-order chi connectivity index (χ0) is 46.2. The minimum Gasteiger partial charge on any atom is -0.353 e. The molecule has 13 nitrogen and oxygen atoms in total. The van der Waals surface area contributed by atoms with Crippen molar-refractivity contribution >= 4 is 53.6 Å². The molecule has 2 aromatic carbocycles. The Bertz CT molecular complexity index is 3210. The highest BCUT2D eigenvalue weighted by molar-refractivity contribution is 7.89. The number of para-hydroxylation sites is 2. The molecule has 1 fully saturated rings. The van der Waals surface area contributed by atoms with Crippen LogP contribution in [0.15, 0.2) is 97.6 Å². The number of aryl methyl sites for hydroxylation is 1. The van der Waals surface area contributed by atoms with Gasteiger partial charge in [0.25, 0.3) is 0 Å². The highest BCUT2D eigenvalue weighted by Crippen LogP contribution is 2.43. The van der Waals surface area contributed by atoms with Gasteiger partial charge in [-0.1, -0.05) is 42.5 Å². The van der Waals surface area contributed by atoms with E-state index in [9.17, 15) is 8.42 Å². The van der Waals surface area contributed by atoms with Gasteiger partial charge in [0, 0.05) is 97.0 Å². The molecule has 11 rings (SSSR count). The predicted octanol–water partition coefficient (Wildman–Crippen LogP) is 8.28. The summed E-state index contributed by atoms with van der Waals surface area (Å²) in [7, 11) is -3.77. The molecule has 0 spiro atoms. The Morgan fingerprint density at radius 2 is 1.51 bits per heavy atom. The number of hydrogen-bond acceptors (Lipinski definition) is 11. The summed E-state index contributed by atoms with van der Waals surface area (Å²) in [4.78, 5) is 31.6. The number of hydrogen-bond donors (Lipinski definition) is 3. The molecule has 7 heterocycles. The largest absolute Gasteiger partial charge is 0.353 e. The molecule has 14 heteroatoms. The minimum absolute atomic E-state index is 0.0639. The summed E-state index contributed by atoms with van der Waals surface area (Å²) in [5.41, 5.74) is 18.1. The smallest absolute Gasteiger partial charge is 0.236 e. The molecular weight excluding hydrogens is 867 g/mol. The summed E-state index contributed by atoms with van der Waals surface area (Å²) in [6.07, 6.45) is 17.9. The lowest BCUT2D eigenvalue weighted by molar-refractivity contribution is 0.148. The summed E-state index contributed by atoms with van der Waals surface area (Å²) < 4.78 is 29.7. The molecule has 2 atom stereocenters. The second-order valence-electron chi connectivity index (χ2n) is 19.2. The average Bonchev–Trinajstić information content (AvgIpc) is 3.92. The molecule has 68 heavy (non-hydrogen) atoms. The number of fused-ring (bicyclic) bond motifs is 8. The molecule has 0 unspecified atom stereocenters. The average molecular weight is 930 g/mol. The number of nitrogens with one attached hydrogen (secondary N) is 2. The minimum atomic E-state index is -3.77. The molecule has 0 saturated carbocycles. The highest BCUT2D eigenvalue weighted by Gasteiger charge is 2.32. The summed E-state index contributed by atoms with van der Waals surface area (Å²) in [5, 5.41) is 7.69. The number of pyridine rings is 4. The molecule has 1 saturated heterocycles. The Kier molecular flexibility index (Phi) is 12.8. The molecule has 352 valence electrons. The van der Waals surface area contributed by atoms with Crippen molar-refractivity contribution in [1.82, 2.24) is 48.9 Å². The van der Waals surface area contributed by atoms with Gasteiger partial charge in [-0.2, -0.15) is 0 Å². The van der Waals surface area contributed by atoms with Gasteiger partial charge in [-0.25, -0.2) is 12.4 Å². The molecule has 1 aliphatic heterocycles. The van der Waals surface area contributed by atoms with Crippen LogP contribution >= 0.6 is 0 Å². The fourth-order valence-corrected chi connectivity index (χ4v) is 12.8. The quantitative estimate of drug-likeness (QED) is 0.0803. The van der Waals surface area contributed by atoms with Crippen LogP contribution in [-0.2, 0) is 36.0 Å². The molecule has 0 amide bonds. The van der Waals surface area contributed by atoms with E-state index >= 15 is 0 Å². The van der Waals surface area contributed by atoms with E-state index in [4.69, 9.17) is 25.7 Å². The number of nitrogens with zero attached hydrogens (tertiary/aromatic N) is 8. The summed E-state index contributed by atoms with van der Waals surface area (Å²) in [5.74, 6) is 0. The maximum Gasteiger partial charge on any atom is 0.236 e. The number of aromatic amines is 1. The van der Waals surface area contributed by atoms with E-state index in [1.807, 2.05) is 24.7 Å². The molecule has 8 aromatic rings. The third-order valence-electron chi connectivity index (χ3n) is 14.9. The van der Waals surface area contributed by atoms with Crippen LogP contribution in [0.1, 0.15) is 90.9 Å². The van der Waals surface area contributed by atoms with E-state index in [1.165, 1.54) is 32.1 Å². The first-order valence-electron chi connectivity index (χ1n) is 24.8. The number of nitrogens with two attached hydrogens (primary N) is 1. The molecule has 4 N–H and O–H groups in total. The van der Waals surface area contributed by atoms with Crippen molar-refractivity contribution in [3.05, 3.63) is 131 Å². The lowest BCUT2D eigenvalue weighted by Crippen LogP contribution is -2.44. The van der Waals surface area contributed by atoms with E-state index in [0.29, 0.717) is 30.7 Å². The fraction of sp³-hybridized carbons (Fsp3) is 0.407. The van der Waals surface area contributed by atoms with E-state index < -0.39 is 10.0 Å². The van der Waals surface area contributed by atoms with E-state index in [-0.39, 0.29) is 12.1 Å². The third-order valence-corrected chi connectivity index (χ3v) is 16.0. The van der Waals surface area contributed by atoms with Crippen molar-refractivity contribution in [3.8, 4) is 11.1 Å². The fourth-order valence-electron chi connectivity index (χ4n) is 11.8. The number of piperazine rings is 1. The zero-order valence-corrected chi connectivity index (χ0v) is 40.0. The van der Waals surface area contributed by atoms with Crippen LogP contribution in [0, 0.1) is 0 Å². The van der Waals surface area contributed by atoms with Crippen LogP contribution in [0.2, 0.25) is 0 Å². The van der Waals surface area contributed by atoms with Gasteiger partial charge in [0.2, 0.25) is 10.0 Å². The Morgan fingerprint density at radius 1 is 0.735 bits per heavy atom. The lowest BCUT2D eigenvalue weighted by Gasteiger charge is -2.36.